The molecule has 0 saturated heterocycles. The number of benzene rings is 1. The minimum Gasteiger partial charge on any atom is -0.462 e. The van der Waals surface area contributed by atoms with Gasteiger partial charge in [0.05, 0.1) is 12.0 Å². The highest BCUT2D eigenvalue weighted by molar-refractivity contribution is 5.93. The second kappa shape index (κ2) is 10.5. The molecule has 0 aliphatic carbocycles. The molecule has 180 valence electrons. The Kier molecular flexibility index (Phi) is 7.19. The van der Waals surface area contributed by atoms with Crippen molar-refractivity contribution in [3.05, 3.63) is 87.8 Å². The number of esters is 1. The van der Waals surface area contributed by atoms with E-state index in [0.717, 1.165) is 5.56 Å². The summed E-state index contributed by atoms with van der Waals surface area (Å²) in [7, 11) is 0. The number of hydrogen-bond donors (Lipinski definition) is 0. The molecule has 4 rings (SSSR count). The number of fused-ring (bicyclic) bond motifs is 2. The third-order valence-corrected chi connectivity index (χ3v) is 5.53. The number of hydrogen-bond acceptors (Lipinski definition) is 5. The van der Waals surface area contributed by atoms with Gasteiger partial charge in [0.15, 0.2) is 5.49 Å². The van der Waals surface area contributed by atoms with Crippen LogP contribution in [0.3, 0.4) is 0 Å². The number of pyridine rings is 2. The van der Waals surface area contributed by atoms with E-state index in [9.17, 15) is 14.4 Å². The number of aromatic nitrogens is 3. The molecule has 35 heavy (non-hydrogen) atoms. The van der Waals surface area contributed by atoms with Gasteiger partial charge in [-0.2, -0.15) is 4.99 Å². The molecule has 0 N–H and O–H groups in total. The van der Waals surface area contributed by atoms with Gasteiger partial charge >= 0.3 is 5.97 Å². The molecule has 8 nitrogen and oxygen atoms in total. The van der Waals surface area contributed by atoms with E-state index in [1.54, 1.807) is 35.9 Å². The summed E-state index contributed by atoms with van der Waals surface area (Å²) < 4.78 is 8.39. The lowest BCUT2D eigenvalue weighted by Crippen LogP contribution is -2.33. The zero-order valence-electron chi connectivity index (χ0n) is 20.1. The summed E-state index contributed by atoms with van der Waals surface area (Å²) >= 11 is 0. The first kappa shape index (κ1) is 24.1. The van der Waals surface area contributed by atoms with Gasteiger partial charge in [-0.15, -0.1) is 0 Å². The average molecular weight is 473 g/mol. The highest BCUT2D eigenvalue weighted by atomic mass is 16.5. The maximum absolute atomic E-state index is 13.3. The van der Waals surface area contributed by atoms with Gasteiger partial charge in [-0.25, -0.2) is 9.78 Å². The smallest absolute Gasteiger partial charge is 0.341 e. The molecule has 3 aromatic heterocycles. The Labute approximate surface area is 202 Å². The second-order valence-corrected chi connectivity index (χ2v) is 8.68. The monoisotopic (exact) mass is 472 g/mol. The highest BCUT2D eigenvalue weighted by Crippen LogP contribution is 2.13. The van der Waals surface area contributed by atoms with E-state index in [4.69, 9.17) is 9.72 Å². The van der Waals surface area contributed by atoms with Crippen molar-refractivity contribution in [3.63, 3.8) is 0 Å². The molecule has 1 amide bonds. The Morgan fingerprint density at radius 1 is 1.09 bits per heavy atom. The Morgan fingerprint density at radius 2 is 1.83 bits per heavy atom. The summed E-state index contributed by atoms with van der Waals surface area (Å²) in [5.41, 5.74) is 1.79. The molecule has 0 fully saturated rings. The predicted molar refractivity (Wildman–Crippen MR) is 133 cm³/mol. The summed E-state index contributed by atoms with van der Waals surface area (Å²) in [6.07, 6.45) is 2.34. The maximum atomic E-state index is 13.3. The Bertz CT molecular complexity index is 1520. The van der Waals surface area contributed by atoms with E-state index < -0.39 is 5.97 Å². The molecule has 0 saturated carbocycles. The average Bonchev–Trinajstić information content (AvgIpc) is 2.85. The molecule has 3 heterocycles. The Balaban J connectivity index is 1.96. The lowest BCUT2D eigenvalue weighted by atomic mass is 10.1. The summed E-state index contributed by atoms with van der Waals surface area (Å²) in [5.74, 6) is -0.877. The molecule has 4 aromatic rings. The van der Waals surface area contributed by atoms with Crippen LogP contribution in [0.1, 0.15) is 43.1 Å². The van der Waals surface area contributed by atoms with Crippen molar-refractivity contribution in [1.82, 2.24) is 14.0 Å². The summed E-state index contributed by atoms with van der Waals surface area (Å²) in [5, 5.41) is 0.257. The fourth-order valence-corrected chi connectivity index (χ4v) is 3.97. The summed E-state index contributed by atoms with van der Waals surface area (Å²) in [6, 6.07) is 16.4. The van der Waals surface area contributed by atoms with Crippen LogP contribution in [0.2, 0.25) is 0 Å². The number of aryl methyl sites for hydroxylation is 1. The molecule has 0 bridgehead atoms. The topological polar surface area (TPSA) is 95.0 Å². The summed E-state index contributed by atoms with van der Waals surface area (Å²) in [4.78, 5) is 48.3. The van der Waals surface area contributed by atoms with Crippen molar-refractivity contribution < 1.29 is 14.3 Å². The highest BCUT2D eigenvalue weighted by Gasteiger charge is 2.20. The normalized spacial score (nSPS) is 11.9. The summed E-state index contributed by atoms with van der Waals surface area (Å²) in [6.45, 7) is 6.27. The Morgan fingerprint density at radius 3 is 2.54 bits per heavy atom. The van der Waals surface area contributed by atoms with Crippen molar-refractivity contribution in [1.29, 1.82) is 0 Å². The van der Waals surface area contributed by atoms with Gasteiger partial charge in [-0.05, 0) is 43.0 Å². The molecule has 0 unspecified atom stereocenters. The van der Waals surface area contributed by atoms with E-state index in [1.807, 2.05) is 44.2 Å². The van der Waals surface area contributed by atoms with Gasteiger partial charge < -0.3 is 9.30 Å². The molecule has 0 atom stereocenters. The fraction of sp³-hybridized carbons (Fsp3) is 0.296. The van der Waals surface area contributed by atoms with Crippen molar-refractivity contribution in [2.75, 3.05) is 6.61 Å². The van der Waals surface area contributed by atoms with Gasteiger partial charge in [-0.1, -0.05) is 50.2 Å². The number of rotatable bonds is 7. The lowest BCUT2D eigenvalue weighted by Gasteiger charge is -2.16. The fourth-order valence-electron chi connectivity index (χ4n) is 3.97. The number of ether oxygens (including phenoxy) is 1. The van der Waals surface area contributed by atoms with Crippen LogP contribution in [0, 0.1) is 5.92 Å². The van der Waals surface area contributed by atoms with E-state index >= 15 is 0 Å². The van der Waals surface area contributed by atoms with Crippen LogP contribution < -0.4 is 11.0 Å². The first-order chi connectivity index (χ1) is 16.9. The molecule has 0 spiro atoms. The third kappa shape index (κ3) is 5.21. The van der Waals surface area contributed by atoms with Gasteiger partial charge in [-0.3, -0.25) is 14.0 Å². The molecule has 0 aliphatic rings. The molecular formula is C27H28N4O4. The van der Waals surface area contributed by atoms with Crippen molar-refractivity contribution in [2.45, 2.75) is 40.2 Å². The zero-order chi connectivity index (χ0) is 24.9. The number of nitrogens with zero attached hydrogens (tertiary/aromatic N) is 4. The van der Waals surface area contributed by atoms with Crippen LogP contribution >= 0.6 is 0 Å². The van der Waals surface area contributed by atoms with Gasteiger partial charge in [0.1, 0.15) is 16.9 Å². The molecule has 8 heteroatoms. The van der Waals surface area contributed by atoms with Crippen LogP contribution in [0.15, 0.2) is 70.6 Å². The molecule has 0 aliphatic heterocycles. The Hall–Kier alpha value is -4.07. The van der Waals surface area contributed by atoms with Gasteiger partial charge in [0.25, 0.3) is 5.56 Å². The number of amides is 1. The van der Waals surface area contributed by atoms with E-state index in [0.29, 0.717) is 24.3 Å². The van der Waals surface area contributed by atoms with E-state index in [-0.39, 0.29) is 46.8 Å². The third-order valence-electron chi connectivity index (χ3n) is 5.53. The standard InChI is InChI=1S/C27H28N4O4/c1-4-35-27(34)21-16-20-24(28-22-12-8-9-15-30(22)26(20)33)31(17-18(2)3)25(21)29-23(32)14-13-19-10-6-5-7-11-19/h5-12,15-16,18H,4,13-14,17H2,1-3H3. The minimum atomic E-state index is -0.640. The first-order valence-electron chi connectivity index (χ1n) is 11.7. The van der Waals surface area contributed by atoms with Crippen LogP contribution in [-0.4, -0.2) is 32.4 Å². The van der Waals surface area contributed by atoms with Gasteiger partial charge in [0, 0.05) is 19.2 Å². The SMILES string of the molecule is CCOC(=O)c1cc2c(=O)n3ccccc3nc2n(CC(C)C)c1=NC(=O)CCc1ccccc1. The van der Waals surface area contributed by atoms with Crippen molar-refractivity contribution in [3.8, 4) is 0 Å². The van der Waals surface area contributed by atoms with E-state index in [1.165, 1.54) is 10.5 Å². The lowest BCUT2D eigenvalue weighted by molar-refractivity contribution is -0.118. The zero-order valence-corrected chi connectivity index (χ0v) is 20.1. The second-order valence-electron chi connectivity index (χ2n) is 8.68. The first-order valence-corrected chi connectivity index (χ1v) is 11.7. The maximum Gasteiger partial charge on any atom is 0.341 e. The number of carbonyl (C=O) groups excluding carboxylic acids is 2. The van der Waals surface area contributed by atoms with Crippen molar-refractivity contribution in [2.24, 2.45) is 10.9 Å². The molecular weight excluding hydrogens is 444 g/mol. The van der Waals surface area contributed by atoms with Crippen molar-refractivity contribution >= 4 is 28.6 Å². The van der Waals surface area contributed by atoms with Crippen LogP contribution in [0.25, 0.3) is 16.7 Å². The van der Waals surface area contributed by atoms with Crippen LogP contribution in [-0.2, 0) is 22.5 Å². The van der Waals surface area contributed by atoms with Crippen LogP contribution in [0.4, 0.5) is 0 Å². The van der Waals surface area contributed by atoms with Crippen LogP contribution in [0.5, 0.6) is 0 Å². The molecule has 1 aromatic carbocycles. The quantitative estimate of drug-likeness (QED) is 0.303. The van der Waals surface area contributed by atoms with E-state index in [2.05, 4.69) is 4.99 Å². The molecule has 0 radical (unpaired) electrons. The largest absolute Gasteiger partial charge is 0.462 e. The van der Waals surface area contributed by atoms with Gasteiger partial charge in [0.2, 0.25) is 5.91 Å². The predicted octanol–water partition coefficient (Wildman–Crippen LogP) is 3.54. The minimum absolute atomic E-state index is 0.0721. The number of carbonyl (C=O) groups is 2.